The quantitative estimate of drug-likeness (QED) is 0.540. The van der Waals surface area contributed by atoms with E-state index in [2.05, 4.69) is 10.3 Å². The number of rotatable bonds is 6. The van der Waals surface area contributed by atoms with Crippen LogP contribution in [-0.4, -0.2) is 53.3 Å². The molecule has 1 fully saturated rings. The number of imidazole rings is 1. The number of primary amides is 1. The number of anilines is 2. The molecule has 0 radical (unpaired) electrons. The van der Waals surface area contributed by atoms with E-state index in [1.165, 1.54) is 25.3 Å². The van der Waals surface area contributed by atoms with Crippen molar-refractivity contribution in [3.8, 4) is 17.1 Å². The van der Waals surface area contributed by atoms with Crippen molar-refractivity contribution < 1.29 is 27.8 Å². The van der Waals surface area contributed by atoms with Crippen molar-refractivity contribution in [2.75, 3.05) is 23.1 Å². The maximum atomic E-state index is 13.3. The first-order chi connectivity index (χ1) is 14.8. The zero-order valence-electron chi connectivity index (χ0n) is 16.3. The average molecular weight is 436 g/mol. The van der Waals surface area contributed by atoms with Crippen LogP contribution < -0.4 is 20.4 Å². The van der Waals surface area contributed by atoms with Crippen LogP contribution in [0.3, 0.4) is 0 Å². The molecule has 13 heteroatoms. The first kappa shape index (κ1) is 20.5. The predicted octanol–water partition coefficient (Wildman–Crippen LogP) is 1.89. The van der Waals surface area contributed by atoms with Gasteiger partial charge in [0.1, 0.15) is 36.9 Å². The Morgan fingerprint density at radius 2 is 2.16 bits per heavy atom. The minimum Gasteiger partial charge on any atom is -0.491 e. The second-order valence-electron chi connectivity index (χ2n) is 7.00. The number of nitrogens with zero attached hydrogens (tertiary/aromatic N) is 5. The van der Waals surface area contributed by atoms with Crippen LogP contribution in [0, 0.1) is 4.91 Å². The van der Waals surface area contributed by atoms with Gasteiger partial charge >= 0.3 is 6.09 Å². The number of fused-ring (bicyclic) bond motifs is 3. The monoisotopic (exact) mass is 436 g/mol. The second-order valence-corrected chi connectivity index (χ2v) is 7.00. The van der Waals surface area contributed by atoms with Gasteiger partial charge in [0.25, 0.3) is 6.43 Å². The van der Waals surface area contributed by atoms with Crippen molar-refractivity contribution in [3.05, 3.63) is 29.3 Å². The lowest BCUT2D eigenvalue weighted by atomic mass is 10.1. The lowest BCUT2D eigenvalue weighted by molar-refractivity contribution is -0.118. The summed E-state index contributed by atoms with van der Waals surface area (Å²) in [6, 6.07) is 2.22. The molecule has 0 spiro atoms. The van der Waals surface area contributed by atoms with Crippen LogP contribution >= 0.6 is 0 Å². The van der Waals surface area contributed by atoms with Gasteiger partial charge in [-0.2, -0.15) is 0 Å². The SMILES string of the molecule is C[C@@H](C(N)=O)N(N=O)c1ccc2c(c1)OCCn1cc(N3C(=O)OC[C@H]3C(F)F)nc1-2. The number of nitrogens with two attached hydrogens (primary N) is 1. The number of cyclic esters (lactones) is 1. The van der Waals surface area contributed by atoms with E-state index in [1.807, 2.05) is 0 Å². The van der Waals surface area contributed by atoms with Crippen LogP contribution in [0.5, 0.6) is 5.75 Å². The van der Waals surface area contributed by atoms with E-state index in [-0.39, 0.29) is 18.1 Å². The summed E-state index contributed by atoms with van der Waals surface area (Å²) in [4.78, 5) is 39.9. The van der Waals surface area contributed by atoms with Crippen LogP contribution in [0.25, 0.3) is 11.4 Å². The lowest BCUT2D eigenvalue weighted by Gasteiger charge is -2.21. The summed E-state index contributed by atoms with van der Waals surface area (Å²) in [6.07, 6.45) is -2.20. The van der Waals surface area contributed by atoms with Crippen LogP contribution in [-0.2, 0) is 16.1 Å². The third-order valence-corrected chi connectivity index (χ3v) is 5.13. The molecule has 2 aromatic rings. The number of carbonyl (C=O) groups is 2. The number of benzene rings is 1. The Hall–Kier alpha value is -3.77. The number of hydrogen-bond acceptors (Lipinski definition) is 7. The number of amides is 2. The topological polar surface area (TPSA) is 132 Å². The molecule has 1 saturated heterocycles. The molecule has 0 unspecified atom stereocenters. The number of halogens is 2. The van der Waals surface area contributed by atoms with Crippen molar-refractivity contribution in [1.29, 1.82) is 0 Å². The summed E-state index contributed by atoms with van der Waals surface area (Å²) in [5.41, 5.74) is 6.05. The summed E-state index contributed by atoms with van der Waals surface area (Å²) in [7, 11) is 0. The molecule has 2 N–H and O–H groups in total. The molecule has 11 nitrogen and oxygen atoms in total. The third-order valence-electron chi connectivity index (χ3n) is 5.13. The second kappa shape index (κ2) is 7.81. The Bertz CT molecular complexity index is 1040. The molecule has 164 valence electrons. The highest BCUT2D eigenvalue weighted by Gasteiger charge is 2.42. The zero-order valence-corrected chi connectivity index (χ0v) is 16.3. The highest BCUT2D eigenvalue weighted by molar-refractivity contribution is 5.90. The molecule has 1 aromatic heterocycles. The summed E-state index contributed by atoms with van der Waals surface area (Å²) in [6.45, 7) is 1.56. The van der Waals surface area contributed by atoms with Crippen LogP contribution in [0.4, 0.5) is 25.1 Å². The van der Waals surface area contributed by atoms with E-state index in [0.717, 1.165) is 9.91 Å². The Labute approximate surface area is 174 Å². The maximum absolute atomic E-state index is 13.3. The number of nitroso groups, excluding NO2 is 1. The zero-order chi connectivity index (χ0) is 22.3. The first-order valence-corrected chi connectivity index (χ1v) is 9.32. The fourth-order valence-corrected chi connectivity index (χ4v) is 3.46. The molecule has 0 saturated carbocycles. The average Bonchev–Trinajstić information content (AvgIpc) is 3.27. The summed E-state index contributed by atoms with van der Waals surface area (Å²) >= 11 is 0. The van der Waals surface area contributed by atoms with Gasteiger partial charge in [-0.1, -0.05) is 0 Å². The van der Waals surface area contributed by atoms with E-state index >= 15 is 0 Å². The molecule has 0 aliphatic carbocycles. The van der Waals surface area contributed by atoms with Gasteiger partial charge in [-0.05, 0) is 19.1 Å². The number of aromatic nitrogens is 2. The smallest absolute Gasteiger partial charge is 0.416 e. The summed E-state index contributed by atoms with van der Waals surface area (Å²) in [5, 5.41) is 3.78. The fraction of sp³-hybridized carbons (Fsp3) is 0.389. The van der Waals surface area contributed by atoms with Gasteiger partial charge in [0, 0.05) is 12.3 Å². The third kappa shape index (κ3) is 3.51. The van der Waals surface area contributed by atoms with Crippen molar-refractivity contribution in [1.82, 2.24) is 9.55 Å². The number of hydrogen-bond donors (Lipinski definition) is 1. The number of ether oxygens (including phenoxy) is 2. The minimum absolute atomic E-state index is 0.0401. The molecule has 1 aromatic carbocycles. The van der Waals surface area contributed by atoms with Crippen LogP contribution in [0.2, 0.25) is 0 Å². The molecule has 0 bridgehead atoms. The molecule has 2 aliphatic heterocycles. The van der Waals surface area contributed by atoms with Gasteiger partial charge in [-0.25, -0.2) is 28.5 Å². The molecule has 4 rings (SSSR count). The molecular formula is C18H18F2N6O5. The van der Waals surface area contributed by atoms with Crippen LogP contribution in [0.1, 0.15) is 6.92 Å². The number of alkyl halides is 2. The van der Waals surface area contributed by atoms with Crippen molar-refractivity contribution in [2.45, 2.75) is 32.0 Å². The first-order valence-electron chi connectivity index (χ1n) is 9.32. The van der Waals surface area contributed by atoms with Gasteiger partial charge < -0.3 is 19.8 Å². The Balaban J connectivity index is 1.73. The fourth-order valence-electron chi connectivity index (χ4n) is 3.46. The lowest BCUT2D eigenvalue weighted by Crippen LogP contribution is -2.39. The standard InChI is InChI=1S/C18H18F2N6O5/c1-9(16(21)27)26(23-29)10-2-3-11-13(6-10)30-5-4-24-7-14(22-17(11)24)25-12(15(19)20)8-31-18(25)28/h2-3,6-7,9,12,15H,4-5,8H2,1H3,(H2,21,27)/t9-,12-/m0/s1. The van der Waals surface area contributed by atoms with Gasteiger partial charge in [-0.15, -0.1) is 4.91 Å². The highest BCUT2D eigenvalue weighted by Crippen LogP contribution is 2.38. The van der Waals surface area contributed by atoms with E-state index < -0.39 is 37.1 Å². The molecular weight excluding hydrogens is 418 g/mol. The van der Waals surface area contributed by atoms with E-state index in [9.17, 15) is 23.3 Å². The van der Waals surface area contributed by atoms with Crippen molar-refractivity contribution >= 4 is 23.5 Å². The summed E-state index contributed by atoms with van der Waals surface area (Å²) in [5.74, 6) is 0.0310. The molecule has 3 heterocycles. The van der Waals surface area contributed by atoms with Crippen molar-refractivity contribution in [2.24, 2.45) is 11.0 Å². The Morgan fingerprint density at radius 3 is 2.84 bits per heavy atom. The minimum atomic E-state index is -2.79. The molecule has 2 aliphatic rings. The predicted molar refractivity (Wildman–Crippen MR) is 104 cm³/mol. The van der Waals surface area contributed by atoms with E-state index in [1.54, 1.807) is 10.6 Å². The van der Waals surface area contributed by atoms with Crippen molar-refractivity contribution in [3.63, 3.8) is 0 Å². The van der Waals surface area contributed by atoms with Gasteiger partial charge in [-0.3, -0.25) is 4.79 Å². The Morgan fingerprint density at radius 1 is 1.39 bits per heavy atom. The van der Waals surface area contributed by atoms with E-state index in [4.69, 9.17) is 15.2 Å². The Kier molecular flexibility index (Phi) is 5.17. The van der Waals surface area contributed by atoms with Gasteiger partial charge in [0.15, 0.2) is 5.82 Å². The highest BCUT2D eigenvalue weighted by atomic mass is 19.3. The molecule has 2 amide bonds. The van der Waals surface area contributed by atoms with Gasteiger partial charge in [0.05, 0.1) is 23.1 Å². The van der Waals surface area contributed by atoms with Gasteiger partial charge in [0.2, 0.25) is 5.91 Å². The van der Waals surface area contributed by atoms with Crippen LogP contribution in [0.15, 0.2) is 29.7 Å². The molecule has 2 atom stereocenters. The number of carbonyl (C=O) groups excluding carboxylic acids is 2. The largest absolute Gasteiger partial charge is 0.491 e. The summed E-state index contributed by atoms with van der Waals surface area (Å²) < 4.78 is 38.8. The maximum Gasteiger partial charge on any atom is 0.416 e. The van der Waals surface area contributed by atoms with E-state index in [0.29, 0.717) is 23.7 Å². The molecule has 31 heavy (non-hydrogen) atoms. The normalized spacial score (nSPS) is 18.5.